The number of hydrogen-bond acceptors (Lipinski definition) is 2. The molecule has 2 heteroatoms. The Bertz CT molecular complexity index is 337. The van der Waals surface area contributed by atoms with Crippen molar-refractivity contribution in [1.82, 2.24) is 0 Å². The fourth-order valence-corrected chi connectivity index (χ4v) is 1.56. The molecule has 0 aliphatic heterocycles. The van der Waals surface area contributed by atoms with Crippen LogP contribution in [0.5, 0.6) is 11.5 Å². The molecule has 90 valence electrons. The van der Waals surface area contributed by atoms with Crippen LogP contribution in [-0.4, -0.2) is 14.2 Å². The third kappa shape index (κ3) is 3.76. The number of rotatable bonds is 4. The molecule has 0 atom stereocenters. The van der Waals surface area contributed by atoms with E-state index in [9.17, 15) is 0 Å². The van der Waals surface area contributed by atoms with Crippen molar-refractivity contribution in [2.45, 2.75) is 33.6 Å². The summed E-state index contributed by atoms with van der Waals surface area (Å²) in [5.41, 5.74) is 1.67. The van der Waals surface area contributed by atoms with Crippen LogP contribution in [0.4, 0.5) is 0 Å². The smallest absolute Gasteiger partial charge is 0.160 e. The first-order valence-corrected chi connectivity index (χ1v) is 5.67. The first-order chi connectivity index (χ1) is 7.46. The zero-order valence-electron chi connectivity index (χ0n) is 11.0. The maximum Gasteiger partial charge on any atom is 0.160 e. The Morgan fingerprint density at radius 1 is 1.00 bits per heavy atom. The number of benzene rings is 1. The Morgan fingerprint density at radius 3 is 2.12 bits per heavy atom. The first kappa shape index (κ1) is 12.9. The summed E-state index contributed by atoms with van der Waals surface area (Å²) in [6.07, 6.45) is 2.24. The lowest BCUT2D eigenvalue weighted by atomic mass is 9.89. The molecule has 0 amide bonds. The second-order valence-electron chi connectivity index (χ2n) is 5.25. The molecule has 0 N–H and O–H groups in total. The maximum atomic E-state index is 5.28. The molecule has 0 saturated carbocycles. The highest BCUT2D eigenvalue weighted by atomic mass is 16.5. The lowest BCUT2D eigenvalue weighted by Gasteiger charge is -2.18. The van der Waals surface area contributed by atoms with Gasteiger partial charge in [0, 0.05) is 0 Å². The molecule has 0 radical (unpaired) electrons. The Morgan fingerprint density at radius 2 is 1.62 bits per heavy atom. The van der Waals surface area contributed by atoms with Crippen LogP contribution in [0.2, 0.25) is 0 Å². The van der Waals surface area contributed by atoms with Gasteiger partial charge in [-0.05, 0) is 36.0 Å². The van der Waals surface area contributed by atoms with Crippen molar-refractivity contribution in [3.63, 3.8) is 0 Å². The van der Waals surface area contributed by atoms with Gasteiger partial charge in [-0.2, -0.15) is 0 Å². The molecule has 0 bridgehead atoms. The molecule has 0 aliphatic rings. The highest BCUT2D eigenvalue weighted by Crippen LogP contribution is 2.29. The predicted molar refractivity (Wildman–Crippen MR) is 67.3 cm³/mol. The van der Waals surface area contributed by atoms with Gasteiger partial charge in [0.05, 0.1) is 14.2 Å². The fraction of sp³-hybridized carbons (Fsp3) is 0.571. The van der Waals surface area contributed by atoms with E-state index in [1.165, 1.54) is 12.0 Å². The molecule has 0 aliphatic carbocycles. The van der Waals surface area contributed by atoms with E-state index in [0.717, 1.165) is 17.9 Å². The van der Waals surface area contributed by atoms with Gasteiger partial charge in [-0.25, -0.2) is 0 Å². The second-order valence-corrected chi connectivity index (χ2v) is 5.25. The van der Waals surface area contributed by atoms with Crippen LogP contribution < -0.4 is 9.47 Å². The van der Waals surface area contributed by atoms with Gasteiger partial charge >= 0.3 is 0 Å². The summed E-state index contributed by atoms with van der Waals surface area (Å²) in [5.74, 6) is 1.61. The van der Waals surface area contributed by atoms with Crippen LogP contribution in [0.15, 0.2) is 18.2 Å². The van der Waals surface area contributed by atoms with Gasteiger partial charge in [-0.15, -0.1) is 0 Å². The van der Waals surface area contributed by atoms with E-state index >= 15 is 0 Å². The van der Waals surface area contributed by atoms with Crippen LogP contribution in [0.3, 0.4) is 0 Å². The van der Waals surface area contributed by atoms with Crippen molar-refractivity contribution in [1.29, 1.82) is 0 Å². The Kier molecular flexibility index (Phi) is 4.22. The number of ether oxygens (including phenoxy) is 2. The number of hydrogen-bond donors (Lipinski definition) is 0. The zero-order valence-corrected chi connectivity index (χ0v) is 11.0. The minimum Gasteiger partial charge on any atom is -0.493 e. The van der Waals surface area contributed by atoms with Crippen LogP contribution >= 0.6 is 0 Å². The molecule has 0 unspecified atom stereocenters. The molecule has 1 rings (SSSR count). The lowest BCUT2D eigenvalue weighted by molar-refractivity contribution is 0.353. The minimum atomic E-state index is 0.368. The molecule has 1 aromatic rings. The molecule has 0 aromatic heterocycles. The van der Waals surface area contributed by atoms with Gasteiger partial charge in [0.2, 0.25) is 0 Å². The van der Waals surface area contributed by atoms with E-state index in [1.807, 2.05) is 6.07 Å². The van der Waals surface area contributed by atoms with Crippen molar-refractivity contribution in [3.8, 4) is 11.5 Å². The Hall–Kier alpha value is -1.18. The second kappa shape index (κ2) is 5.24. The molecule has 16 heavy (non-hydrogen) atoms. The van der Waals surface area contributed by atoms with Crippen molar-refractivity contribution < 1.29 is 9.47 Å². The van der Waals surface area contributed by atoms with Crippen molar-refractivity contribution in [2.24, 2.45) is 5.41 Å². The third-order valence-corrected chi connectivity index (χ3v) is 2.61. The highest BCUT2D eigenvalue weighted by Gasteiger charge is 2.11. The first-order valence-electron chi connectivity index (χ1n) is 5.67. The van der Waals surface area contributed by atoms with Gasteiger partial charge in [0.15, 0.2) is 11.5 Å². The van der Waals surface area contributed by atoms with E-state index in [-0.39, 0.29) is 0 Å². The maximum absolute atomic E-state index is 5.28. The van der Waals surface area contributed by atoms with Crippen molar-refractivity contribution in [2.75, 3.05) is 14.2 Å². The summed E-state index contributed by atoms with van der Waals surface area (Å²) < 4.78 is 10.5. The van der Waals surface area contributed by atoms with E-state index in [2.05, 4.69) is 32.9 Å². The number of methoxy groups -OCH3 is 2. The average Bonchev–Trinajstić information content (AvgIpc) is 2.25. The van der Waals surface area contributed by atoms with Crippen molar-refractivity contribution >= 4 is 0 Å². The molecule has 0 spiro atoms. The van der Waals surface area contributed by atoms with Crippen LogP contribution in [0.1, 0.15) is 32.8 Å². The fourth-order valence-electron chi connectivity index (χ4n) is 1.56. The van der Waals surface area contributed by atoms with Gasteiger partial charge < -0.3 is 9.47 Å². The molecule has 0 heterocycles. The standard InChI is InChI=1S/C14H22O2/c1-14(2,3)9-8-11-6-7-12(15-4)13(10-11)16-5/h6-7,10H,8-9H2,1-5H3. The van der Waals surface area contributed by atoms with Gasteiger partial charge in [0.1, 0.15) is 0 Å². The summed E-state index contributed by atoms with van der Waals surface area (Å²) in [4.78, 5) is 0. The summed E-state index contributed by atoms with van der Waals surface area (Å²) >= 11 is 0. The summed E-state index contributed by atoms with van der Waals surface area (Å²) in [5, 5.41) is 0. The topological polar surface area (TPSA) is 18.5 Å². The lowest BCUT2D eigenvalue weighted by Crippen LogP contribution is -2.06. The Balaban J connectivity index is 2.75. The van der Waals surface area contributed by atoms with Crippen molar-refractivity contribution in [3.05, 3.63) is 23.8 Å². The quantitative estimate of drug-likeness (QED) is 0.773. The van der Waals surface area contributed by atoms with E-state index in [0.29, 0.717) is 5.41 Å². The Labute approximate surface area is 98.6 Å². The van der Waals surface area contributed by atoms with E-state index in [4.69, 9.17) is 9.47 Å². The molecule has 0 fully saturated rings. The SMILES string of the molecule is COc1ccc(CCC(C)(C)C)cc1OC. The predicted octanol–water partition coefficient (Wildman–Crippen LogP) is 3.68. The molecular weight excluding hydrogens is 200 g/mol. The van der Waals surface area contributed by atoms with Gasteiger partial charge in [0.25, 0.3) is 0 Å². The molecule has 2 nitrogen and oxygen atoms in total. The third-order valence-electron chi connectivity index (χ3n) is 2.61. The van der Waals surface area contributed by atoms with Gasteiger partial charge in [-0.1, -0.05) is 26.8 Å². The largest absolute Gasteiger partial charge is 0.493 e. The monoisotopic (exact) mass is 222 g/mol. The summed E-state index contributed by atoms with van der Waals surface area (Å²) in [6.45, 7) is 6.77. The normalized spacial score (nSPS) is 11.3. The van der Waals surface area contributed by atoms with Crippen LogP contribution in [0.25, 0.3) is 0 Å². The van der Waals surface area contributed by atoms with Crippen LogP contribution in [0, 0.1) is 5.41 Å². The molecule has 0 saturated heterocycles. The zero-order chi connectivity index (χ0) is 12.2. The molecular formula is C14H22O2. The summed E-state index contributed by atoms with van der Waals surface area (Å²) in [7, 11) is 3.33. The minimum absolute atomic E-state index is 0.368. The van der Waals surface area contributed by atoms with E-state index in [1.54, 1.807) is 14.2 Å². The molecule has 1 aromatic carbocycles. The average molecular weight is 222 g/mol. The van der Waals surface area contributed by atoms with Gasteiger partial charge in [-0.3, -0.25) is 0 Å². The van der Waals surface area contributed by atoms with Crippen LogP contribution in [-0.2, 0) is 6.42 Å². The number of aryl methyl sites for hydroxylation is 1. The summed E-state index contributed by atoms with van der Waals surface area (Å²) in [6, 6.07) is 6.13. The van der Waals surface area contributed by atoms with E-state index < -0.39 is 0 Å². The highest BCUT2D eigenvalue weighted by molar-refractivity contribution is 5.42.